The molecule has 0 aliphatic carbocycles. The van der Waals surface area contributed by atoms with Crippen molar-refractivity contribution in [2.24, 2.45) is 0 Å². The maximum Gasteiger partial charge on any atom is 0.419 e. The number of sulfonamides is 1. The van der Waals surface area contributed by atoms with Gasteiger partial charge < -0.3 is 9.64 Å². The molecule has 2 aromatic rings. The minimum Gasteiger partial charge on any atom is -0.488 e. The van der Waals surface area contributed by atoms with Crippen LogP contribution in [0.25, 0.3) is 0 Å². The zero-order chi connectivity index (χ0) is 21.4. The first-order valence-corrected chi connectivity index (χ1v) is 11.6. The lowest BCUT2D eigenvalue weighted by Gasteiger charge is -2.19. The van der Waals surface area contributed by atoms with E-state index in [2.05, 4.69) is 36.6 Å². The normalized spacial score (nSPS) is 18.1. The zero-order valence-corrected chi connectivity index (χ0v) is 19.1. The molecule has 29 heavy (non-hydrogen) atoms. The van der Waals surface area contributed by atoms with E-state index >= 15 is 0 Å². The molecule has 0 saturated carbocycles. The number of benzene rings is 2. The van der Waals surface area contributed by atoms with E-state index in [4.69, 9.17) is 4.74 Å². The van der Waals surface area contributed by atoms with Crippen molar-refractivity contribution in [2.45, 2.75) is 23.6 Å². The van der Waals surface area contributed by atoms with Gasteiger partial charge in [0, 0.05) is 28.1 Å². The second-order valence-corrected chi connectivity index (χ2v) is 10.1. The zero-order valence-electron chi connectivity index (χ0n) is 15.1. The molecule has 0 amide bonds. The van der Waals surface area contributed by atoms with Crippen molar-refractivity contribution in [2.75, 3.05) is 24.9 Å². The van der Waals surface area contributed by atoms with Crippen molar-refractivity contribution in [1.29, 1.82) is 0 Å². The van der Waals surface area contributed by atoms with E-state index in [1.165, 1.54) is 12.1 Å². The van der Waals surface area contributed by atoms with E-state index in [1.807, 2.05) is 11.9 Å². The SMILES string of the molecule is CN1CC[C@H](Oc2cc(NS(=O)(=O)c3ccc(Br)c(Br)c3)ccc2C(F)(F)F)C1. The van der Waals surface area contributed by atoms with Gasteiger partial charge in [-0.3, -0.25) is 4.72 Å². The third-order valence-corrected chi connectivity index (χ3v) is 7.64. The summed E-state index contributed by atoms with van der Waals surface area (Å²) in [6.45, 7) is 1.22. The van der Waals surface area contributed by atoms with Crippen LogP contribution in [0.15, 0.2) is 50.2 Å². The number of likely N-dealkylation sites (N-methyl/N-ethyl adjacent to an activating group) is 1. The Balaban J connectivity index is 1.91. The largest absolute Gasteiger partial charge is 0.488 e. The van der Waals surface area contributed by atoms with Gasteiger partial charge in [0.05, 0.1) is 16.1 Å². The molecule has 0 radical (unpaired) electrons. The van der Waals surface area contributed by atoms with Crippen LogP contribution >= 0.6 is 31.9 Å². The van der Waals surface area contributed by atoms with Gasteiger partial charge in [-0.15, -0.1) is 0 Å². The summed E-state index contributed by atoms with van der Waals surface area (Å²) in [5.74, 6) is -0.394. The quantitative estimate of drug-likeness (QED) is 0.555. The molecule has 1 aliphatic rings. The molecule has 1 saturated heterocycles. The molecular formula is C18H17Br2F3N2O3S. The van der Waals surface area contributed by atoms with E-state index in [0.717, 1.165) is 24.7 Å². The Labute approximate surface area is 183 Å². The average Bonchev–Trinajstić information content (AvgIpc) is 3.01. The minimum absolute atomic E-state index is 0.0154. The number of nitrogens with zero attached hydrogens (tertiary/aromatic N) is 1. The first kappa shape index (κ1) is 22.4. The summed E-state index contributed by atoms with van der Waals surface area (Å²) in [5.41, 5.74) is -0.959. The Kier molecular flexibility index (Phi) is 6.52. The lowest BCUT2D eigenvalue weighted by molar-refractivity contribution is -0.139. The molecule has 5 nitrogen and oxygen atoms in total. The molecule has 11 heteroatoms. The lowest BCUT2D eigenvalue weighted by atomic mass is 10.1. The monoisotopic (exact) mass is 556 g/mol. The molecule has 1 heterocycles. The fourth-order valence-electron chi connectivity index (χ4n) is 2.95. The van der Waals surface area contributed by atoms with Crippen molar-refractivity contribution in [3.05, 3.63) is 50.9 Å². The van der Waals surface area contributed by atoms with Gasteiger partial charge in [-0.25, -0.2) is 8.42 Å². The summed E-state index contributed by atoms with van der Waals surface area (Å²) in [6, 6.07) is 7.30. The predicted octanol–water partition coefficient (Wildman–Crippen LogP) is 5.11. The average molecular weight is 558 g/mol. The maximum absolute atomic E-state index is 13.4. The van der Waals surface area contributed by atoms with Gasteiger partial charge >= 0.3 is 6.18 Å². The summed E-state index contributed by atoms with van der Waals surface area (Å²) in [4.78, 5) is 1.92. The van der Waals surface area contributed by atoms with Crippen molar-refractivity contribution >= 4 is 47.6 Å². The van der Waals surface area contributed by atoms with Crippen LogP contribution in [-0.2, 0) is 16.2 Å². The Morgan fingerprint density at radius 1 is 1.14 bits per heavy atom. The van der Waals surface area contributed by atoms with E-state index in [1.54, 1.807) is 6.07 Å². The first-order chi connectivity index (χ1) is 13.5. The van der Waals surface area contributed by atoms with Crippen LogP contribution in [0.1, 0.15) is 12.0 Å². The molecule has 1 atom stereocenters. The fourth-order valence-corrected chi connectivity index (χ4v) is 4.80. The smallest absolute Gasteiger partial charge is 0.419 e. The Morgan fingerprint density at radius 2 is 1.86 bits per heavy atom. The van der Waals surface area contributed by atoms with Crippen LogP contribution in [0.4, 0.5) is 18.9 Å². The van der Waals surface area contributed by atoms with Gasteiger partial charge in [-0.2, -0.15) is 13.2 Å². The molecule has 1 N–H and O–H groups in total. The molecule has 0 aromatic heterocycles. The molecular weight excluding hydrogens is 541 g/mol. The summed E-state index contributed by atoms with van der Waals surface area (Å²) in [5, 5.41) is 0. The molecule has 2 aromatic carbocycles. The van der Waals surface area contributed by atoms with Crippen LogP contribution in [0.5, 0.6) is 5.75 Å². The van der Waals surface area contributed by atoms with Crippen LogP contribution in [-0.4, -0.2) is 39.6 Å². The number of halogens is 5. The van der Waals surface area contributed by atoms with E-state index in [-0.39, 0.29) is 10.6 Å². The van der Waals surface area contributed by atoms with Gasteiger partial charge in [0.25, 0.3) is 10.0 Å². The number of nitrogens with one attached hydrogen (secondary N) is 1. The number of hydrogen-bond donors (Lipinski definition) is 1. The highest BCUT2D eigenvalue weighted by molar-refractivity contribution is 9.13. The number of likely N-dealkylation sites (tertiary alicyclic amines) is 1. The Morgan fingerprint density at radius 3 is 2.45 bits per heavy atom. The molecule has 1 aliphatic heterocycles. The van der Waals surface area contributed by atoms with Crippen molar-refractivity contribution in [1.82, 2.24) is 4.90 Å². The highest BCUT2D eigenvalue weighted by Gasteiger charge is 2.36. The Bertz CT molecular complexity index is 1020. The van der Waals surface area contributed by atoms with Crippen LogP contribution < -0.4 is 9.46 Å². The molecule has 0 bridgehead atoms. The molecule has 158 valence electrons. The minimum atomic E-state index is -4.62. The predicted molar refractivity (Wildman–Crippen MR) is 111 cm³/mol. The van der Waals surface area contributed by atoms with E-state index in [9.17, 15) is 21.6 Å². The van der Waals surface area contributed by atoms with Crippen LogP contribution in [0, 0.1) is 0 Å². The Hall–Kier alpha value is -1.30. The van der Waals surface area contributed by atoms with E-state index in [0.29, 0.717) is 21.9 Å². The molecule has 1 fully saturated rings. The number of rotatable bonds is 5. The molecule has 3 rings (SSSR count). The number of alkyl halides is 3. The van der Waals surface area contributed by atoms with Crippen molar-refractivity contribution < 1.29 is 26.3 Å². The standard InChI is InChI=1S/C18H17Br2F3N2O3S/c1-25-7-6-12(10-25)28-17-8-11(2-4-14(17)18(21,22)23)24-29(26,27)13-3-5-15(19)16(20)9-13/h2-5,8-9,12,24H,6-7,10H2,1H3/t12-/m0/s1. The number of ether oxygens (including phenoxy) is 1. The maximum atomic E-state index is 13.4. The van der Waals surface area contributed by atoms with Crippen molar-refractivity contribution in [3.8, 4) is 5.75 Å². The van der Waals surface area contributed by atoms with Crippen LogP contribution in [0.2, 0.25) is 0 Å². The van der Waals surface area contributed by atoms with Gasteiger partial charge in [-0.05, 0) is 75.7 Å². The molecule has 0 unspecified atom stereocenters. The first-order valence-electron chi connectivity index (χ1n) is 8.50. The van der Waals surface area contributed by atoms with Crippen molar-refractivity contribution in [3.63, 3.8) is 0 Å². The van der Waals surface area contributed by atoms with Gasteiger partial charge in [0.2, 0.25) is 0 Å². The van der Waals surface area contributed by atoms with Gasteiger partial charge in [0.1, 0.15) is 11.9 Å². The number of hydrogen-bond acceptors (Lipinski definition) is 4. The van der Waals surface area contributed by atoms with Crippen LogP contribution in [0.3, 0.4) is 0 Å². The summed E-state index contributed by atoms with van der Waals surface area (Å²) in [6.07, 6.45) is -4.42. The summed E-state index contributed by atoms with van der Waals surface area (Å²) in [7, 11) is -2.14. The van der Waals surface area contributed by atoms with Gasteiger partial charge in [-0.1, -0.05) is 0 Å². The highest BCUT2D eigenvalue weighted by Crippen LogP contribution is 2.39. The summed E-state index contributed by atoms with van der Waals surface area (Å²) < 4.78 is 74.5. The van der Waals surface area contributed by atoms with E-state index < -0.39 is 33.6 Å². The topological polar surface area (TPSA) is 58.6 Å². The second kappa shape index (κ2) is 8.44. The summed E-state index contributed by atoms with van der Waals surface area (Å²) >= 11 is 6.49. The number of anilines is 1. The van der Waals surface area contributed by atoms with Gasteiger partial charge in [0.15, 0.2) is 0 Å². The third-order valence-electron chi connectivity index (χ3n) is 4.38. The highest BCUT2D eigenvalue weighted by atomic mass is 79.9. The fraction of sp³-hybridized carbons (Fsp3) is 0.333. The molecule has 0 spiro atoms. The second-order valence-electron chi connectivity index (χ2n) is 6.68. The third kappa shape index (κ3) is 5.44. The lowest BCUT2D eigenvalue weighted by Crippen LogP contribution is -2.23.